The summed E-state index contributed by atoms with van der Waals surface area (Å²) in [5, 5.41) is 16.4. The lowest BCUT2D eigenvalue weighted by atomic mass is 9.71. The highest BCUT2D eigenvalue weighted by atomic mass is 16.3. The number of rotatable bonds is 5. The van der Waals surface area contributed by atoms with Crippen molar-refractivity contribution in [2.24, 2.45) is 5.41 Å². The molecule has 4 nitrogen and oxygen atoms in total. The Morgan fingerprint density at radius 3 is 2.39 bits per heavy atom. The van der Waals surface area contributed by atoms with Gasteiger partial charge in [0.1, 0.15) is 0 Å². The summed E-state index contributed by atoms with van der Waals surface area (Å²) in [6.45, 7) is 5.26. The van der Waals surface area contributed by atoms with Crippen LogP contribution in [0.25, 0.3) is 0 Å². The molecule has 0 heterocycles. The molecule has 4 heteroatoms. The zero-order chi connectivity index (χ0) is 13.2. The summed E-state index contributed by atoms with van der Waals surface area (Å²) in [5.41, 5.74) is -0.353. The third-order valence-electron chi connectivity index (χ3n) is 4.28. The normalized spacial score (nSPS) is 25.7. The maximum Gasteiger partial charge on any atom is 0.234 e. The van der Waals surface area contributed by atoms with E-state index in [1.807, 2.05) is 0 Å². The summed E-state index contributed by atoms with van der Waals surface area (Å²) in [7, 11) is 0. The van der Waals surface area contributed by atoms with Crippen molar-refractivity contribution in [3.05, 3.63) is 0 Å². The third kappa shape index (κ3) is 4.25. The van der Waals surface area contributed by atoms with E-state index in [1.54, 1.807) is 0 Å². The molecule has 3 N–H and O–H groups in total. The maximum atomic E-state index is 11.6. The molecule has 2 fully saturated rings. The zero-order valence-electron chi connectivity index (χ0n) is 11.6. The Hall–Kier alpha value is -0.610. The lowest BCUT2D eigenvalue weighted by Crippen LogP contribution is -2.48. The van der Waals surface area contributed by atoms with Gasteiger partial charge in [-0.3, -0.25) is 4.79 Å². The second kappa shape index (κ2) is 5.17. The van der Waals surface area contributed by atoms with Gasteiger partial charge in [0, 0.05) is 12.6 Å². The van der Waals surface area contributed by atoms with Crippen LogP contribution in [-0.4, -0.2) is 35.7 Å². The molecule has 0 unspecified atom stereocenters. The van der Waals surface area contributed by atoms with Crippen molar-refractivity contribution in [3.8, 4) is 0 Å². The predicted octanol–water partition coefficient (Wildman–Crippen LogP) is 1.19. The first-order valence-electron chi connectivity index (χ1n) is 7.11. The Labute approximate surface area is 110 Å². The first-order chi connectivity index (χ1) is 8.39. The van der Waals surface area contributed by atoms with Gasteiger partial charge < -0.3 is 15.7 Å². The Kier molecular flexibility index (Phi) is 3.97. The molecule has 2 rings (SSSR count). The summed E-state index contributed by atoms with van der Waals surface area (Å²) in [6, 6.07) is 0.550. The van der Waals surface area contributed by atoms with Crippen molar-refractivity contribution in [3.63, 3.8) is 0 Å². The first kappa shape index (κ1) is 13.8. The molecule has 0 saturated heterocycles. The van der Waals surface area contributed by atoms with Crippen molar-refractivity contribution in [1.82, 2.24) is 10.6 Å². The highest BCUT2D eigenvalue weighted by Gasteiger charge is 2.36. The average molecular weight is 254 g/mol. The van der Waals surface area contributed by atoms with Gasteiger partial charge in [-0.1, -0.05) is 13.8 Å². The van der Waals surface area contributed by atoms with Gasteiger partial charge >= 0.3 is 0 Å². The second-order valence-corrected chi connectivity index (χ2v) is 6.82. The number of amides is 1. The van der Waals surface area contributed by atoms with E-state index >= 15 is 0 Å². The van der Waals surface area contributed by atoms with E-state index in [0.717, 1.165) is 25.7 Å². The smallest absolute Gasteiger partial charge is 0.234 e. The quantitative estimate of drug-likeness (QED) is 0.690. The number of carbonyl (C=O) groups excluding carboxylic acids is 1. The lowest BCUT2D eigenvalue weighted by Gasteiger charge is -2.40. The molecule has 104 valence electrons. The summed E-state index contributed by atoms with van der Waals surface area (Å²) in [6.07, 6.45) is 6.00. The van der Waals surface area contributed by atoms with E-state index in [4.69, 9.17) is 0 Å². The summed E-state index contributed by atoms with van der Waals surface area (Å²) in [5.74, 6) is 0.000147. The fraction of sp³-hybridized carbons (Fsp3) is 0.929. The van der Waals surface area contributed by atoms with E-state index in [0.29, 0.717) is 24.5 Å². The zero-order valence-corrected chi connectivity index (χ0v) is 11.6. The van der Waals surface area contributed by atoms with Crippen LogP contribution in [0.1, 0.15) is 52.4 Å². The molecule has 1 amide bonds. The summed E-state index contributed by atoms with van der Waals surface area (Å²) in [4.78, 5) is 11.6. The van der Waals surface area contributed by atoms with Crippen LogP contribution in [0, 0.1) is 5.41 Å². The second-order valence-electron chi connectivity index (χ2n) is 6.82. The molecule has 18 heavy (non-hydrogen) atoms. The summed E-state index contributed by atoms with van der Waals surface area (Å²) < 4.78 is 0. The monoisotopic (exact) mass is 254 g/mol. The fourth-order valence-corrected chi connectivity index (χ4v) is 2.42. The van der Waals surface area contributed by atoms with Gasteiger partial charge in [0.2, 0.25) is 5.91 Å². The molecule has 2 aliphatic rings. The van der Waals surface area contributed by atoms with Gasteiger partial charge in [-0.05, 0) is 43.9 Å². The predicted molar refractivity (Wildman–Crippen MR) is 71.2 cm³/mol. The minimum absolute atomic E-state index is 0.000147. The van der Waals surface area contributed by atoms with Crippen molar-refractivity contribution >= 4 is 5.91 Å². The molecular formula is C14H26N2O2. The minimum atomic E-state index is -0.690. The number of carbonyl (C=O) groups is 1. The topological polar surface area (TPSA) is 61.4 Å². The largest absolute Gasteiger partial charge is 0.388 e. The van der Waals surface area contributed by atoms with Gasteiger partial charge in [0.05, 0.1) is 12.1 Å². The molecule has 0 spiro atoms. The Bertz CT molecular complexity index is 301. The molecule has 0 radical (unpaired) electrons. The molecule has 0 atom stereocenters. The van der Waals surface area contributed by atoms with Crippen LogP contribution in [0.2, 0.25) is 0 Å². The molecule has 2 aliphatic carbocycles. The van der Waals surface area contributed by atoms with Crippen LogP contribution < -0.4 is 10.6 Å². The van der Waals surface area contributed by atoms with Crippen molar-refractivity contribution < 1.29 is 9.90 Å². The molecule has 0 aromatic rings. The number of aliphatic hydroxyl groups is 1. The molecule has 0 aromatic carbocycles. The van der Waals surface area contributed by atoms with Crippen LogP contribution in [0.4, 0.5) is 0 Å². The van der Waals surface area contributed by atoms with E-state index < -0.39 is 5.60 Å². The van der Waals surface area contributed by atoms with Gasteiger partial charge in [0.25, 0.3) is 0 Å². The van der Waals surface area contributed by atoms with Crippen LogP contribution in [0.3, 0.4) is 0 Å². The van der Waals surface area contributed by atoms with Crippen LogP contribution in [0.5, 0.6) is 0 Å². The van der Waals surface area contributed by atoms with Gasteiger partial charge in [-0.15, -0.1) is 0 Å². The molecular weight excluding hydrogens is 228 g/mol. The van der Waals surface area contributed by atoms with Crippen LogP contribution in [-0.2, 0) is 4.79 Å². The maximum absolute atomic E-state index is 11.6. The number of hydrogen-bond donors (Lipinski definition) is 3. The van der Waals surface area contributed by atoms with Gasteiger partial charge in [-0.2, -0.15) is 0 Å². The van der Waals surface area contributed by atoms with Crippen molar-refractivity contribution in [2.45, 2.75) is 64.0 Å². The lowest BCUT2D eigenvalue weighted by molar-refractivity contribution is -0.122. The van der Waals surface area contributed by atoms with Gasteiger partial charge in [0.15, 0.2) is 0 Å². The van der Waals surface area contributed by atoms with E-state index in [-0.39, 0.29) is 5.91 Å². The standard InChI is InChI=1S/C14H26N2O2/c1-13(2)5-7-14(18,8-6-13)10-16-12(17)9-15-11-3-4-11/h11,15,18H,3-10H2,1-2H3,(H,16,17). The molecule has 0 aliphatic heterocycles. The first-order valence-corrected chi connectivity index (χ1v) is 7.11. The third-order valence-corrected chi connectivity index (χ3v) is 4.28. The molecule has 2 saturated carbocycles. The Balaban J connectivity index is 1.66. The van der Waals surface area contributed by atoms with E-state index in [9.17, 15) is 9.90 Å². The Morgan fingerprint density at radius 2 is 1.83 bits per heavy atom. The van der Waals surface area contributed by atoms with Crippen molar-refractivity contribution in [2.75, 3.05) is 13.1 Å². The highest BCUT2D eigenvalue weighted by molar-refractivity contribution is 5.78. The Morgan fingerprint density at radius 1 is 1.22 bits per heavy atom. The van der Waals surface area contributed by atoms with Crippen LogP contribution in [0.15, 0.2) is 0 Å². The molecule has 0 bridgehead atoms. The fourth-order valence-electron chi connectivity index (χ4n) is 2.42. The van der Waals surface area contributed by atoms with Crippen LogP contribution >= 0.6 is 0 Å². The number of hydrogen-bond acceptors (Lipinski definition) is 3. The van der Waals surface area contributed by atoms with Gasteiger partial charge in [-0.25, -0.2) is 0 Å². The van der Waals surface area contributed by atoms with E-state index in [1.165, 1.54) is 12.8 Å². The minimum Gasteiger partial charge on any atom is -0.388 e. The summed E-state index contributed by atoms with van der Waals surface area (Å²) >= 11 is 0. The SMILES string of the molecule is CC1(C)CCC(O)(CNC(=O)CNC2CC2)CC1. The highest BCUT2D eigenvalue weighted by Crippen LogP contribution is 2.39. The molecule has 0 aromatic heterocycles. The van der Waals surface area contributed by atoms with Crippen molar-refractivity contribution in [1.29, 1.82) is 0 Å². The average Bonchev–Trinajstić information content (AvgIpc) is 3.13. The van der Waals surface area contributed by atoms with E-state index in [2.05, 4.69) is 24.5 Å². The number of nitrogens with one attached hydrogen (secondary N) is 2.